The van der Waals surface area contributed by atoms with Crippen molar-refractivity contribution in [2.75, 3.05) is 0 Å². The van der Waals surface area contributed by atoms with Crippen molar-refractivity contribution >= 4 is 12.2 Å². The Hall–Kier alpha value is -1.49. The van der Waals surface area contributed by atoms with Gasteiger partial charge in [0.15, 0.2) is 4.77 Å². The van der Waals surface area contributed by atoms with E-state index < -0.39 is 0 Å². The molecule has 0 spiro atoms. The van der Waals surface area contributed by atoms with Crippen molar-refractivity contribution in [1.29, 1.82) is 0 Å². The first-order valence-electron chi connectivity index (χ1n) is 5.36. The smallest absolute Gasteiger partial charge is 0.199 e. The zero-order valence-electron chi connectivity index (χ0n) is 8.97. The molecule has 0 saturated heterocycles. The molecule has 1 aliphatic carbocycles. The number of hydrogen-bond donors (Lipinski definition) is 1. The van der Waals surface area contributed by atoms with Gasteiger partial charge in [0, 0.05) is 11.6 Å². The quantitative estimate of drug-likeness (QED) is 0.809. The lowest BCUT2D eigenvalue weighted by Crippen LogP contribution is -2.00. The first-order chi connectivity index (χ1) is 7.75. The van der Waals surface area contributed by atoms with Crippen molar-refractivity contribution in [1.82, 2.24) is 19.7 Å². The van der Waals surface area contributed by atoms with E-state index in [2.05, 4.69) is 15.2 Å². The maximum Gasteiger partial charge on any atom is 0.199 e. The minimum atomic E-state index is 0.564. The van der Waals surface area contributed by atoms with E-state index in [9.17, 15) is 0 Å². The SMILES string of the molecule is Cc1ccc(-n2c(C3CC3)n[nH]c2=S)cn1. The average molecular weight is 232 g/mol. The second-order valence-corrected chi connectivity index (χ2v) is 4.54. The Bertz CT molecular complexity index is 562. The Kier molecular flexibility index (Phi) is 2.14. The number of nitrogens with zero attached hydrogens (tertiary/aromatic N) is 3. The first kappa shape index (κ1) is 9.72. The number of aryl methyl sites for hydroxylation is 1. The van der Waals surface area contributed by atoms with Crippen LogP contribution in [0, 0.1) is 11.7 Å². The molecule has 2 aromatic heterocycles. The van der Waals surface area contributed by atoms with Gasteiger partial charge in [-0.1, -0.05) is 0 Å². The lowest BCUT2D eigenvalue weighted by Gasteiger charge is -2.05. The van der Waals surface area contributed by atoms with Crippen molar-refractivity contribution in [3.63, 3.8) is 0 Å². The molecule has 5 heteroatoms. The number of pyridine rings is 1. The minimum Gasteiger partial charge on any atom is -0.270 e. The molecule has 3 rings (SSSR count). The van der Waals surface area contributed by atoms with Crippen molar-refractivity contribution in [2.24, 2.45) is 0 Å². The van der Waals surface area contributed by atoms with Gasteiger partial charge in [0.2, 0.25) is 0 Å². The van der Waals surface area contributed by atoms with Gasteiger partial charge in [-0.2, -0.15) is 5.10 Å². The van der Waals surface area contributed by atoms with Crippen LogP contribution in [0.3, 0.4) is 0 Å². The van der Waals surface area contributed by atoms with Crippen LogP contribution >= 0.6 is 12.2 Å². The lowest BCUT2D eigenvalue weighted by molar-refractivity contribution is 0.864. The van der Waals surface area contributed by atoms with Gasteiger partial charge >= 0.3 is 0 Å². The number of aromatic amines is 1. The van der Waals surface area contributed by atoms with Crippen molar-refractivity contribution in [3.8, 4) is 5.69 Å². The molecule has 82 valence electrons. The summed E-state index contributed by atoms with van der Waals surface area (Å²) in [6.45, 7) is 1.97. The summed E-state index contributed by atoms with van der Waals surface area (Å²) in [5, 5.41) is 7.15. The minimum absolute atomic E-state index is 0.564. The average Bonchev–Trinajstić information content (AvgIpc) is 3.05. The summed E-state index contributed by atoms with van der Waals surface area (Å²) >= 11 is 5.25. The summed E-state index contributed by atoms with van der Waals surface area (Å²) in [7, 11) is 0. The molecule has 0 atom stereocenters. The molecular weight excluding hydrogens is 220 g/mol. The van der Waals surface area contributed by atoms with Crippen LogP contribution in [0.2, 0.25) is 0 Å². The van der Waals surface area contributed by atoms with E-state index in [1.807, 2.05) is 29.8 Å². The Balaban J connectivity index is 2.14. The van der Waals surface area contributed by atoms with Gasteiger partial charge < -0.3 is 0 Å². The van der Waals surface area contributed by atoms with Gasteiger partial charge in [-0.05, 0) is 44.1 Å². The number of aromatic nitrogens is 4. The molecule has 0 aromatic carbocycles. The largest absolute Gasteiger partial charge is 0.270 e. The highest BCUT2D eigenvalue weighted by Gasteiger charge is 2.29. The zero-order chi connectivity index (χ0) is 11.1. The van der Waals surface area contributed by atoms with Crippen LogP contribution in [-0.4, -0.2) is 19.7 Å². The molecule has 1 saturated carbocycles. The fraction of sp³-hybridized carbons (Fsp3) is 0.364. The molecule has 0 amide bonds. The van der Waals surface area contributed by atoms with E-state index >= 15 is 0 Å². The van der Waals surface area contributed by atoms with Gasteiger partial charge in [0.25, 0.3) is 0 Å². The molecule has 16 heavy (non-hydrogen) atoms. The summed E-state index contributed by atoms with van der Waals surface area (Å²) < 4.78 is 2.63. The van der Waals surface area contributed by atoms with Crippen LogP contribution in [0.15, 0.2) is 18.3 Å². The number of nitrogens with one attached hydrogen (secondary N) is 1. The predicted molar refractivity (Wildman–Crippen MR) is 63.3 cm³/mol. The number of rotatable bonds is 2. The summed E-state index contributed by atoms with van der Waals surface area (Å²) in [6.07, 6.45) is 4.25. The standard InChI is InChI=1S/C11H12N4S/c1-7-2-5-9(6-12-7)15-10(8-3-4-8)13-14-11(15)16/h2,5-6,8H,3-4H2,1H3,(H,14,16). The molecule has 0 bridgehead atoms. The van der Waals surface area contributed by atoms with Gasteiger partial charge in [-0.25, -0.2) is 0 Å². The third kappa shape index (κ3) is 1.57. The summed E-state index contributed by atoms with van der Waals surface area (Å²) in [5.41, 5.74) is 2.00. The number of hydrogen-bond acceptors (Lipinski definition) is 3. The fourth-order valence-electron chi connectivity index (χ4n) is 1.77. The van der Waals surface area contributed by atoms with Crippen LogP contribution in [0.5, 0.6) is 0 Å². The van der Waals surface area contributed by atoms with Crippen LogP contribution in [0.1, 0.15) is 30.3 Å². The van der Waals surface area contributed by atoms with Crippen molar-refractivity contribution in [2.45, 2.75) is 25.7 Å². The Morgan fingerprint density at radius 3 is 2.88 bits per heavy atom. The van der Waals surface area contributed by atoms with Crippen LogP contribution in [-0.2, 0) is 0 Å². The monoisotopic (exact) mass is 232 g/mol. The molecule has 1 fully saturated rings. The third-order valence-corrected chi connectivity index (χ3v) is 3.07. The van der Waals surface area contributed by atoms with Crippen molar-refractivity contribution in [3.05, 3.63) is 34.6 Å². The molecule has 2 aromatic rings. The van der Waals surface area contributed by atoms with Gasteiger partial charge in [0.1, 0.15) is 5.82 Å². The van der Waals surface area contributed by atoms with Gasteiger partial charge in [-0.3, -0.25) is 14.6 Å². The van der Waals surface area contributed by atoms with E-state index in [-0.39, 0.29) is 0 Å². The van der Waals surface area contributed by atoms with Crippen LogP contribution < -0.4 is 0 Å². The molecule has 1 N–H and O–H groups in total. The van der Waals surface area contributed by atoms with E-state index in [0.29, 0.717) is 10.7 Å². The molecule has 0 radical (unpaired) electrons. The highest BCUT2D eigenvalue weighted by atomic mass is 32.1. The first-order valence-corrected chi connectivity index (χ1v) is 5.77. The van der Waals surface area contributed by atoms with E-state index in [0.717, 1.165) is 17.2 Å². The highest BCUT2D eigenvalue weighted by Crippen LogP contribution is 2.39. The fourth-order valence-corrected chi connectivity index (χ4v) is 2.01. The van der Waals surface area contributed by atoms with Crippen LogP contribution in [0.4, 0.5) is 0 Å². The molecule has 0 aliphatic heterocycles. The maximum absolute atomic E-state index is 5.25. The van der Waals surface area contributed by atoms with Crippen molar-refractivity contribution < 1.29 is 0 Å². The Labute approximate surface area is 98.3 Å². The molecule has 2 heterocycles. The second-order valence-electron chi connectivity index (χ2n) is 4.15. The van der Waals surface area contributed by atoms with Gasteiger partial charge in [-0.15, -0.1) is 0 Å². The topological polar surface area (TPSA) is 46.5 Å². The highest BCUT2D eigenvalue weighted by molar-refractivity contribution is 7.71. The maximum atomic E-state index is 5.25. The lowest BCUT2D eigenvalue weighted by atomic mass is 10.3. The summed E-state index contributed by atoms with van der Waals surface area (Å²) in [5.74, 6) is 1.60. The van der Waals surface area contributed by atoms with Gasteiger partial charge in [0.05, 0.1) is 11.9 Å². The third-order valence-electron chi connectivity index (χ3n) is 2.79. The normalized spacial score (nSPS) is 15.3. The second kappa shape index (κ2) is 3.52. The number of H-pyrrole nitrogens is 1. The zero-order valence-corrected chi connectivity index (χ0v) is 9.79. The Morgan fingerprint density at radius 2 is 2.25 bits per heavy atom. The summed E-state index contributed by atoms with van der Waals surface area (Å²) in [4.78, 5) is 4.29. The molecule has 1 aliphatic rings. The molecule has 4 nitrogen and oxygen atoms in total. The van der Waals surface area contributed by atoms with Crippen LogP contribution in [0.25, 0.3) is 5.69 Å². The van der Waals surface area contributed by atoms with E-state index in [4.69, 9.17) is 12.2 Å². The van der Waals surface area contributed by atoms with E-state index in [1.54, 1.807) is 0 Å². The molecule has 0 unspecified atom stereocenters. The summed E-state index contributed by atoms with van der Waals surface area (Å²) in [6, 6.07) is 4.01. The Morgan fingerprint density at radius 1 is 1.44 bits per heavy atom. The molecular formula is C11H12N4S. The van der Waals surface area contributed by atoms with E-state index in [1.165, 1.54) is 12.8 Å². The predicted octanol–water partition coefficient (Wildman–Crippen LogP) is 2.51.